The van der Waals surface area contributed by atoms with E-state index in [4.69, 9.17) is 14.2 Å². The monoisotopic (exact) mass is 275 g/mol. The lowest BCUT2D eigenvalue weighted by molar-refractivity contribution is -0.146. The van der Waals surface area contributed by atoms with Crippen LogP contribution in [-0.2, 0) is 19.0 Å². The number of carbonyl (C=O) groups is 1. The third kappa shape index (κ3) is 9.87. The molecule has 2 atom stereocenters. The summed E-state index contributed by atoms with van der Waals surface area (Å²) in [5.41, 5.74) is 0. The maximum absolute atomic E-state index is 11.7. The van der Waals surface area contributed by atoms with E-state index in [1.165, 1.54) is 0 Å². The Labute approximate surface area is 117 Å². The van der Waals surface area contributed by atoms with Gasteiger partial charge in [-0.2, -0.15) is 0 Å². The predicted octanol–water partition coefficient (Wildman–Crippen LogP) is 1.75. The molecule has 0 aromatic rings. The van der Waals surface area contributed by atoms with Crippen LogP contribution in [0.5, 0.6) is 0 Å². The van der Waals surface area contributed by atoms with E-state index in [9.17, 15) is 4.79 Å². The van der Waals surface area contributed by atoms with Crippen molar-refractivity contribution in [3.05, 3.63) is 0 Å². The second kappa shape index (κ2) is 12.4. The number of ether oxygens (including phenoxy) is 3. The quantitative estimate of drug-likeness (QED) is 0.550. The summed E-state index contributed by atoms with van der Waals surface area (Å²) in [5.74, 6) is -0.197. The average Bonchev–Trinajstić information content (AvgIpc) is 2.40. The van der Waals surface area contributed by atoms with Crippen molar-refractivity contribution in [3.63, 3.8) is 0 Å². The highest BCUT2D eigenvalue weighted by Gasteiger charge is 2.18. The van der Waals surface area contributed by atoms with Crippen LogP contribution in [0.2, 0.25) is 0 Å². The fourth-order valence-electron chi connectivity index (χ4n) is 1.58. The normalized spacial score (nSPS) is 14.1. The van der Waals surface area contributed by atoms with Crippen molar-refractivity contribution in [1.29, 1.82) is 0 Å². The van der Waals surface area contributed by atoms with Crippen LogP contribution < -0.4 is 5.32 Å². The number of hydrogen-bond donors (Lipinski definition) is 1. The molecule has 0 amide bonds. The Morgan fingerprint density at radius 3 is 2.53 bits per heavy atom. The van der Waals surface area contributed by atoms with Gasteiger partial charge >= 0.3 is 5.97 Å². The highest BCUT2D eigenvalue weighted by atomic mass is 16.5. The molecule has 0 aliphatic heterocycles. The van der Waals surface area contributed by atoms with E-state index < -0.39 is 0 Å². The molecule has 0 aromatic carbocycles. The van der Waals surface area contributed by atoms with Crippen molar-refractivity contribution in [2.24, 2.45) is 0 Å². The van der Waals surface area contributed by atoms with Gasteiger partial charge in [0.1, 0.15) is 6.04 Å². The number of rotatable bonds is 12. The first-order valence-electron chi connectivity index (χ1n) is 7.24. The Bertz CT molecular complexity index is 223. The van der Waals surface area contributed by atoms with Crippen molar-refractivity contribution in [2.75, 3.05) is 33.0 Å². The van der Waals surface area contributed by atoms with Crippen LogP contribution in [0.4, 0.5) is 0 Å². The molecule has 0 fully saturated rings. The Balaban J connectivity index is 3.93. The van der Waals surface area contributed by atoms with Crippen molar-refractivity contribution in [2.45, 2.75) is 52.7 Å². The van der Waals surface area contributed by atoms with Crippen LogP contribution in [-0.4, -0.2) is 51.1 Å². The maximum Gasteiger partial charge on any atom is 0.323 e. The summed E-state index contributed by atoms with van der Waals surface area (Å²) in [4.78, 5) is 11.7. The highest BCUT2D eigenvalue weighted by molar-refractivity contribution is 5.75. The van der Waals surface area contributed by atoms with Crippen LogP contribution in [0.1, 0.15) is 40.5 Å². The summed E-state index contributed by atoms with van der Waals surface area (Å²) in [7, 11) is 0. The molecule has 114 valence electrons. The van der Waals surface area contributed by atoms with E-state index in [0.717, 1.165) is 13.0 Å². The molecule has 0 aliphatic carbocycles. The summed E-state index contributed by atoms with van der Waals surface area (Å²) in [6.45, 7) is 10.8. The molecular weight excluding hydrogens is 246 g/mol. The topological polar surface area (TPSA) is 56.8 Å². The second-order valence-electron chi connectivity index (χ2n) is 4.39. The smallest absolute Gasteiger partial charge is 0.323 e. The van der Waals surface area contributed by atoms with Crippen molar-refractivity contribution < 1.29 is 19.0 Å². The minimum absolute atomic E-state index is 0.0500. The molecule has 5 nitrogen and oxygen atoms in total. The van der Waals surface area contributed by atoms with Crippen LogP contribution in [0.25, 0.3) is 0 Å². The summed E-state index contributed by atoms with van der Waals surface area (Å²) >= 11 is 0. The van der Waals surface area contributed by atoms with Gasteiger partial charge in [0.05, 0.1) is 19.3 Å². The van der Waals surface area contributed by atoms with E-state index >= 15 is 0 Å². The standard InChI is InChI=1S/C14H29NO4/c1-5-9-15-13(14(16)18-7-3)8-10-19-12(4)11-17-6-2/h12-13,15H,5-11H2,1-4H3. The number of hydrogen-bond acceptors (Lipinski definition) is 5. The number of carbonyl (C=O) groups excluding carboxylic acids is 1. The highest BCUT2D eigenvalue weighted by Crippen LogP contribution is 2.00. The van der Waals surface area contributed by atoms with Gasteiger partial charge in [-0.05, 0) is 40.2 Å². The van der Waals surface area contributed by atoms with Crippen molar-refractivity contribution in [3.8, 4) is 0 Å². The molecule has 0 radical (unpaired) electrons. The van der Waals surface area contributed by atoms with Gasteiger partial charge < -0.3 is 19.5 Å². The first-order chi connectivity index (χ1) is 9.15. The van der Waals surface area contributed by atoms with Gasteiger partial charge in [-0.1, -0.05) is 6.92 Å². The van der Waals surface area contributed by atoms with Gasteiger partial charge in [-0.25, -0.2) is 0 Å². The lowest BCUT2D eigenvalue weighted by atomic mass is 10.2. The summed E-state index contributed by atoms with van der Waals surface area (Å²) < 4.78 is 15.9. The molecule has 0 aromatic heterocycles. The van der Waals surface area contributed by atoms with E-state index in [2.05, 4.69) is 12.2 Å². The molecular formula is C14H29NO4. The van der Waals surface area contributed by atoms with Gasteiger partial charge in [0.25, 0.3) is 0 Å². The Kier molecular flexibility index (Phi) is 12.0. The van der Waals surface area contributed by atoms with E-state index in [1.807, 2.05) is 20.8 Å². The van der Waals surface area contributed by atoms with E-state index in [0.29, 0.717) is 32.8 Å². The van der Waals surface area contributed by atoms with Gasteiger partial charge in [0.15, 0.2) is 0 Å². The lowest BCUT2D eigenvalue weighted by Crippen LogP contribution is -2.39. The molecule has 0 saturated heterocycles. The molecule has 0 heterocycles. The first kappa shape index (κ1) is 18.4. The van der Waals surface area contributed by atoms with Crippen LogP contribution in [0, 0.1) is 0 Å². The molecule has 2 unspecified atom stereocenters. The number of esters is 1. The zero-order valence-electron chi connectivity index (χ0n) is 12.7. The molecule has 0 saturated carbocycles. The van der Waals surface area contributed by atoms with Crippen LogP contribution in [0.3, 0.4) is 0 Å². The summed E-state index contributed by atoms with van der Waals surface area (Å²) in [6, 6.07) is -0.279. The van der Waals surface area contributed by atoms with Gasteiger partial charge in [0, 0.05) is 13.2 Å². The molecule has 0 aliphatic rings. The SMILES string of the molecule is CCCNC(CCOC(C)COCC)C(=O)OCC. The zero-order valence-corrected chi connectivity index (χ0v) is 12.7. The molecule has 0 rings (SSSR count). The minimum Gasteiger partial charge on any atom is -0.465 e. The zero-order chi connectivity index (χ0) is 14.5. The van der Waals surface area contributed by atoms with Crippen LogP contribution in [0.15, 0.2) is 0 Å². The molecule has 5 heteroatoms. The average molecular weight is 275 g/mol. The lowest BCUT2D eigenvalue weighted by Gasteiger charge is -2.18. The van der Waals surface area contributed by atoms with E-state index in [1.54, 1.807) is 0 Å². The van der Waals surface area contributed by atoms with Crippen LogP contribution >= 0.6 is 0 Å². The van der Waals surface area contributed by atoms with Crippen molar-refractivity contribution in [1.82, 2.24) is 5.32 Å². The summed E-state index contributed by atoms with van der Waals surface area (Å²) in [5, 5.41) is 3.19. The predicted molar refractivity (Wildman–Crippen MR) is 75.2 cm³/mol. The third-order valence-electron chi connectivity index (χ3n) is 2.58. The number of nitrogens with one attached hydrogen (secondary N) is 1. The Morgan fingerprint density at radius 1 is 1.21 bits per heavy atom. The largest absolute Gasteiger partial charge is 0.465 e. The molecule has 1 N–H and O–H groups in total. The second-order valence-corrected chi connectivity index (χ2v) is 4.39. The summed E-state index contributed by atoms with van der Waals surface area (Å²) in [6.07, 6.45) is 1.65. The molecule has 0 spiro atoms. The molecule has 19 heavy (non-hydrogen) atoms. The first-order valence-corrected chi connectivity index (χ1v) is 7.24. The third-order valence-corrected chi connectivity index (χ3v) is 2.58. The fourth-order valence-corrected chi connectivity index (χ4v) is 1.58. The van der Waals surface area contributed by atoms with Gasteiger partial charge in [-0.3, -0.25) is 4.79 Å². The van der Waals surface area contributed by atoms with Gasteiger partial charge in [-0.15, -0.1) is 0 Å². The Morgan fingerprint density at radius 2 is 1.95 bits per heavy atom. The minimum atomic E-state index is -0.279. The maximum atomic E-state index is 11.7. The molecule has 0 bridgehead atoms. The Hall–Kier alpha value is -0.650. The van der Waals surface area contributed by atoms with Crippen molar-refractivity contribution >= 4 is 5.97 Å². The van der Waals surface area contributed by atoms with E-state index in [-0.39, 0.29) is 18.1 Å². The fraction of sp³-hybridized carbons (Fsp3) is 0.929. The van der Waals surface area contributed by atoms with Gasteiger partial charge in [0.2, 0.25) is 0 Å².